The summed E-state index contributed by atoms with van der Waals surface area (Å²) >= 11 is 1.73. The summed E-state index contributed by atoms with van der Waals surface area (Å²) in [7, 11) is 0. The van der Waals surface area contributed by atoms with Crippen LogP contribution in [0.1, 0.15) is 17.0 Å². The predicted octanol–water partition coefficient (Wildman–Crippen LogP) is 4.45. The summed E-state index contributed by atoms with van der Waals surface area (Å²) < 4.78 is 24.5. The molecular formula is C16H17F2N3OS2. The van der Waals surface area contributed by atoms with E-state index < -0.39 is 5.76 Å². The second-order valence-corrected chi connectivity index (χ2v) is 7.05. The highest BCUT2D eigenvalue weighted by molar-refractivity contribution is 8.00. The van der Waals surface area contributed by atoms with Gasteiger partial charge in [0.05, 0.1) is 5.75 Å². The maximum atomic E-state index is 12.3. The fourth-order valence-electron chi connectivity index (χ4n) is 1.85. The van der Waals surface area contributed by atoms with Gasteiger partial charge in [-0.3, -0.25) is 4.79 Å². The van der Waals surface area contributed by atoms with Crippen molar-refractivity contribution in [1.29, 1.82) is 0 Å². The molecule has 128 valence electrons. The van der Waals surface area contributed by atoms with Gasteiger partial charge in [-0.15, -0.1) is 0 Å². The van der Waals surface area contributed by atoms with Crippen molar-refractivity contribution in [2.45, 2.75) is 36.6 Å². The Kier molecular flexibility index (Phi) is 6.56. The van der Waals surface area contributed by atoms with Crippen LogP contribution in [0.4, 0.5) is 14.5 Å². The number of aromatic nitrogens is 2. The lowest BCUT2D eigenvalue weighted by Crippen LogP contribution is -2.14. The molecule has 24 heavy (non-hydrogen) atoms. The Bertz CT molecular complexity index is 701. The SMILES string of the molecule is Cc1nc(SCC(=O)Nc2ccc(SC(F)F)cc2)nc(C)c1C. The van der Waals surface area contributed by atoms with Crippen molar-refractivity contribution in [2.24, 2.45) is 0 Å². The fourth-order valence-corrected chi connectivity index (χ4v) is 3.09. The van der Waals surface area contributed by atoms with E-state index in [2.05, 4.69) is 15.3 Å². The monoisotopic (exact) mass is 369 g/mol. The average Bonchev–Trinajstić information content (AvgIpc) is 2.52. The van der Waals surface area contributed by atoms with Crippen molar-refractivity contribution in [2.75, 3.05) is 11.1 Å². The normalized spacial score (nSPS) is 10.9. The Morgan fingerprint density at radius 1 is 1.12 bits per heavy atom. The first-order chi connectivity index (χ1) is 11.3. The quantitative estimate of drug-likeness (QED) is 0.602. The maximum absolute atomic E-state index is 12.3. The third-order valence-electron chi connectivity index (χ3n) is 3.31. The predicted molar refractivity (Wildman–Crippen MR) is 93.9 cm³/mol. The van der Waals surface area contributed by atoms with Gasteiger partial charge in [0.1, 0.15) is 0 Å². The summed E-state index contributed by atoms with van der Waals surface area (Å²) in [6, 6.07) is 6.30. The number of anilines is 1. The Morgan fingerprint density at radius 2 is 1.71 bits per heavy atom. The molecule has 8 heteroatoms. The molecule has 1 aromatic heterocycles. The van der Waals surface area contributed by atoms with E-state index in [4.69, 9.17) is 0 Å². The topological polar surface area (TPSA) is 54.9 Å². The molecule has 0 spiro atoms. The summed E-state index contributed by atoms with van der Waals surface area (Å²) in [5.74, 6) is -2.48. The second kappa shape index (κ2) is 8.43. The Balaban J connectivity index is 1.89. The molecule has 1 aromatic carbocycles. The first kappa shape index (κ1) is 18.7. The Hall–Kier alpha value is -1.67. The lowest BCUT2D eigenvalue weighted by atomic mass is 10.2. The first-order valence-electron chi connectivity index (χ1n) is 7.14. The minimum Gasteiger partial charge on any atom is -0.325 e. The van der Waals surface area contributed by atoms with E-state index in [-0.39, 0.29) is 11.7 Å². The molecule has 0 aliphatic rings. The zero-order valence-corrected chi connectivity index (χ0v) is 15.1. The molecule has 0 aliphatic carbocycles. The molecule has 4 nitrogen and oxygen atoms in total. The molecule has 0 aliphatic heterocycles. The molecule has 0 saturated heterocycles. The Labute approximate surface area is 147 Å². The lowest BCUT2D eigenvalue weighted by molar-refractivity contribution is -0.113. The molecule has 0 bridgehead atoms. The van der Waals surface area contributed by atoms with Crippen LogP contribution in [0, 0.1) is 20.8 Å². The zero-order valence-electron chi connectivity index (χ0n) is 13.5. The second-order valence-electron chi connectivity index (χ2n) is 5.04. The molecule has 0 atom stereocenters. The number of nitrogens with one attached hydrogen (secondary N) is 1. The minimum atomic E-state index is -2.46. The number of hydrogen-bond donors (Lipinski definition) is 1. The highest BCUT2D eigenvalue weighted by Gasteiger charge is 2.09. The van der Waals surface area contributed by atoms with Crippen molar-refractivity contribution >= 4 is 35.1 Å². The summed E-state index contributed by atoms with van der Waals surface area (Å²) in [5.41, 5.74) is 3.41. The largest absolute Gasteiger partial charge is 0.325 e. The van der Waals surface area contributed by atoms with E-state index in [9.17, 15) is 13.6 Å². The third-order valence-corrected chi connectivity index (χ3v) is 4.88. The molecule has 1 amide bonds. The molecular weight excluding hydrogens is 352 g/mol. The molecule has 0 fully saturated rings. The number of amides is 1. The van der Waals surface area contributed by atoms with Crippen LogP contribution in [0.2, 0.25) is 0 Å². The van der Waals surface area contributed by atoms with Gasteiger partial charge in [0.2, 0.25) is 5.91 Å². The van der Waals surface area contributed by atoms with Crippen LogP contribution in [-0.4, -0.2) is 27.4 Å². The fraction of sp³-hybridized carbons (Fsp3) is 0.312. The highest BCUT2D eigenvalue weighted by atomic mass is 32.2. The smallest absolute Gasteiger partial charge is 0.288 e. The maximum Gasteiger partial charge on any atom is 0.288 e. The highest BCUT2D eigenvalue weighted by Crippen LogP contribution is 2.26. The van der Waals surface area contributed by atoms with Crippen molar-refractivity contribution in [3.8, 4) is 0 Å². The van der Waals surface area contributed by atoms with E-state index >= 15 is 0 Å². The van der Waals surface area contributed by atoms with Crippen molar-refractivity contribution in [3.63, 3.8) is 0 Å². The molecule has 0 saturated carbocycles. The van der Waals surface area contributed by atoms with Gasteiger partial charge in [-0.2, -0.15) is 8.78 Å². The number of thioether (sulfide) groups is 2. The number of carbonyl (C=O) groups excluding carboxylic acids is 1. The number of hydrogen-bond acceptors (Lipinski definition) is 5. The number of carbonyl (C=O) groups is 1. The van der Waals surface area contributed by atoms with Gasteiger partial charge in [-0.05, 0) is 50.6 Å². The molecule has 2 aromatic rings. The summed E-state index contributed by atoms with van der Waals surface area (Å²) in [6.45, 7) is 5.78. The minimum absolute atomic E-state index is 0.176. The lowest BCUT2D eigenvalue weighted by Gasteiger charge is -2.08. The van der Waals surface area contributed by atoms with Crippen molar-refractivity contribution in [1.82, 2.24) is 9.97 Å². The van der Waals surface area contributed by atoms with E-state index in [0.717, 1.165) is 17.0 Å². The molecule has 2 rings (SSSR count). The van der Waals surface area contributed by atoms with Crippen LogP contribution in [0.3, 0.4) is 0 Å². The van der Waals surface area contributed by atoms with E-state index in [1.165, 1.54) is 11.8 Å². The van der Waals surface area contributed by atoms with Crippen LogP contribution in [0.5, 0.6) is 0 Å². The van der Waals surface area contributed by atoms with Gasteiger partial charge >= 0.3 is 0 Å². The van der Waals surface area contributed by atoms with E-state index in [1.54, 1.807) is 24.3 Å². The molecule has 1 heterocycles. The van der Waals surface area contributed by atoms with Crippen LogP contribution < -0.4 is 5.32 Å². The number of halogens is 2. The number of alkyl halides is 2. The number of aryl methyl sites for hydroxylation is 2. The van der Waals surface area contributed by atoms with E-state index in [0.29, 0.717) is 27.5 Å². The zero-order chi connectivity index (χ0) is 17.7. The van der Waals surface area contributed by atoms with Gasteiger partial charge in [0.25, 0.3) is 5.76 Å². The van der Waals surface area contributed by atoms with Gasteiger partial charge in [-0.1, -0.05) is 23.5 Å². The Morgan fingerprint density at radius 3 is 2.25 bits per heavy atom. The third kappa shape index (κ3) is 5.45. The number of nitrogens with zero attached hydrogens (tertiary/aromatic N) is 2. The molecule has 0 unspecified atom stereocenters. The van der Waals surface area contributed by atoms with Crippen molar-refractivity contribution < 1.29 is 13.6 Å². The standard InChI is InChI=1S/C16H17F2N3OS2/c1-9-10(2)19-16(20-11(9)3)23-8-14(22)21-12-4-6-13(7-5-12)24-15(17)18/h4-7,15H,8H2,1-3H3,(H,21,22). The van der Waals surface area contributed by atoms with Gasteiger partial charge < -0.3 is 5.32 Å². The van der Waals surface area contributed by atoms with Crippen LogP contribution in [0.15, 0.2) is 34.3 Å². The molecule has 0 radical (unpaired) electrons. The van der Waals surface area contributed by atoms with Gasteiger partial charge in [0.15, 0.2) is 5.16 Å². The summed E-state index contributed by atoms with van der Waals surface area (Å²) in [5, 5.41) is 3.29. The summed E-state index contributed by atoms with van der Waals surface area (Å²) in [4.78, 5) is 21.1. The molecule has 1 N–H and O–H groups in total. The average molecular weight is 369 g/mol. The van der Waals surface area contributed by atoms with Crippen LogP contribution in [0.25, 0.3) is 0 Å². The summed E-state index contributed by atoms with van der Waals surface area (Å²) in [6.07, 6.45) is 0. The van der Waals surface area contributed by atoms with Crippen LogP contribution >= 0.6 is 23.5 Å². The van der Waals surface area contributed by atoms with Crippen LogP contribution in [-0.2, 0) is 4.79 Å². The number of benzene rings is 1. The number of rotatable bonds is 6. The van der Waals surface area contributed by atoms with Gasteiger partial charge in [0, 0.05) is 22.0 Å². The van der Waals surface area contributed by atoms with Crippen molar-refractivity contribution in [3.05, 3.63) is 41.2 Å². The van der Waals surface area contributed by atoms with Gasteiger partial charge in [-0.25, -0.2) is 9.97 Å². The first-order valence-corrected chi connectivity index (χ1v) is 9.01. The van der Waals surface area contributed by atoms with E-state index in [1.807, 2.05) is 20.8 Å².